The van der Waals surface area contributed by atoms with Crippen LogP contribution in [0.25, 0.3) is 0 Å². The van der Waals surface area contributed by atoms with E-state index >= 15 is 0 Å². The van der Waals surface area contributed by atoms with Gasteiger partial charge in [-0.3, -0.25) is 14.7 Å². The van der Waals surface area contributed by atoms with E-state index in [1.807, 2.05) is 37.3 Å². The van der Waals surface area contributed by atoms with Crippen molar-refractivity contribution in [2.45, 2.75) is 32.4 Å². The number of benzene rings is 1. The average Bonchev–Trinajstić information content (AvgIpc) is 2.62. The van der Waals surface area contributed by atoms with Gasteiger partial charge in [-0.2, -0.15) is 0 Å². The fourth-order valence-electron chi connectivity index (χ4n) is 3.35. The summed E-state index contributed by atoms with van der Waals surface area (Å²) >= 11 is 0. The van der Waals surface area contributed by atoms with E-state index in [9.17, 15) is 4.79 Å². The third-order valence-corrected chi connectivity index (χ3v) is 4.55. The molecule has 6 nitrogen and oxygen atoms in total. The molecule has 124 valence electrons. The first kappa shape index (κ1) is 14.9. The summed E-state index contributed by atoms with van der Waals surface area (Å²) in [6, 6.07) is 11.5. The van der Waals surface area contributed by atoms with E-state index in [1.54, 1.807) is 10.6 Å². The van der Waals surface area contributed by atoms with E-state index in [1.165, 1.54) is 19.3 Å². The van der Waals surface area contributed by atoms with Crippen molar-refractivity contribution in [1.82, 2.24) is 14.5 Å². The van der Waals surface area contributed by atoms with Crippen molar-refractivity contribution in [3.8, 4) is 0 Å². The molecule has 0 saturated carbocycles. The molecule has 0 amide bonds. The first-order chi connectivity index (χ1) is 11.7. The Hall–Kier alpha value is -2.63. The molecule has 0 radical (unpaired) electrons. The summed E-state index contributed by atoms with van der Waals surface area (Å²) in [4.78, 5) is 24.2. The van der Waals surface area contributed by atoms with Crippen molar-refractivity contribution in [1.29, 1.82) is 0 Å². The molecule has 1 N–H and O–H groups in total. The summed E-state index contributed by atoms with van der Waals surface area (Å²) in [5.41, 5.74) is 1.62. The summed E-state index contributed by atoms with van der Waals surface area (Å²) < 4.78 is 1.63. The van der Waals surface area contributed by atoms with Crippen LogP contribution in [0.5, 0.6) is 0 Å². The van der Waals surface area contributed by atoms with Gasteiger partial charge < -0.3 is 4.90 Å². The van der Waals surface area contributed by atoms with E-state index < -0.39 is 0 Å². The van der Waals surface area contributed by atoms with E-state index in [2.05, 4.69) is 15.2 Å². The second-order valence-corrected chi connectivity index (χ2v) is 6.34. The molecule has 0 spiro atoms. The number of anilines is 1. The van der Waals surface area contributed by atoms with Crippen LogP contribution in [0.15, 0.2) is 46.2 Å². The van der Waals surface area contributed by atoms with Crippen LogP contribution >= 0.6 is 0 Å². The predicted molar refractivity (Wildman–Crippen MR) is 94.3 cm³/mol. The van der Waals surface area contributed by atoms with Crippen LogP contribution in [0, 0.1) is 6.92 Å². The van der Waals surface area contributed by atoms with Gasteiger partial charge in [-0.25, -0.2) is 9.98 Å². The predicted octanol–water partition coefficient (Wildman–Crippen LogP) is 2.37. The molecule has 1 aromatic heterocycles. The first-order valence-electron chi connectivity index (χ1n) is 8.47. The van der Waals surface area contributed by atoms with Gasteiger partial charge in [-0.05, 0) is 31.7 Å². The monoisotopic (exact) mass is 323 g/mol. The topological polar surface area (TPSA) is 62.5 Å². The SMILES string of the molecule is Cc1cc(=O)n2c(n1)NC(N1CCCCC1)=N[C@@H]2c1ccccc1. The highest BCUT2D eigenvalue weighted by molar-refractivity contribution is 5.93. The highest BCUT2D eigenvalue weighted by Crippen LogP contribution is 2.26. The standard InChI is InChI=1S/C18H21N5O/c1-13-12-15(24)23-16(14-8-4-2-5-9-14)20-17(21-18(23)19-13)22-10-6-3-7-11-22/h2,4-5,8-9,12,16H,3,6-7,10-11H2,1H3,(H,19,20,21)/t16-/m0/s1. The maximum atomic E-state index is 12.6. The maximum absolute atomic E-state index is 12.6. The Morgan fingerprint density at radius 3 is 2.62 bits per heavy atom. The third-order valence-electron chi connectivity index (χ3n) is 4.55. The van der Waals surface area contributed by atoms with Gasteiger partial charge in [0.1, 0.15) is 0 Å². The molecule has 1 aromatic carbocycles. The smallest absolute Gasteiger partial charge is 0.257 e. The first-order valence-corrected chi connectivity index (χ1v) is 8.47. The van der Waals surface area contributed by atoms with Crippen LogP contribution in [0.4, 0.5) is 5.95 Å². The number of rotatable bonds is 1. The fraction of sp³-hybridized carbons (Fsp3) is 0.389. The maximum Gasteiger partial charge on any atom is 0.257 e. The summed E-state index contributed by atoms with van der Waals surface area (Å²) in [6.07, 6.45) is 3.23. The minimum absolute atomic E-state index is 0.0831. The molecule has 2 aliphatic rings. The Morgan fingerprint density at radius 2 is 1.88 bits per heavy atom. The number of aliphatic imine (C=N–C) groups is 1. The summed E-state index contributed by atoms with van der Waals surface area (Å²) in [7, 11) is 0. The molecule has 2 aromatic rings. The minimum atomic E-state index is -0.375. The number of aromatic nitrogens is 2. The zero-order valence-electron chi connectivity index (χ0n) is 13.8. The van der Waals surface area contributed by atoms with Crippen molar-refractivity contribution >= 4 is 11.9 Å². The molecular formula is C18H21N5O. The highest BCUT2D eigenvalue weighted by Gasteiger charge is 2.27. The lowest BCUT2D eigenvalue weighted by atomic mass is 10.1. The number of hydrogen-bond donors (Lipinski definition) is 1. The number of likely N-dealkylation sites (tertiary alicyclic amines) is 1. The molecule has 3 heterocycles. The van der Waals surface area contributed by atoms with Crippen molar-refractivity contribution in [2.24, 2.45) is 4.99 Å². The lowest BCUT2D eigenvalue weighted by Crippen LogP contribution is -2.45. The molecule has 0 bridgehead atoms. The number of nitrogens with zero attached hydrogens (tertiary/aromatic N) is 4. The normalized spacial score (nSPS) is 20.1. The second kappa shape index (κ2) is 6.11. The molecular weight excluding hydrogens is 302 g/mol. The van der Waals surface area contributed by atoms with Crippen molar-refractivity contribution < 1.29 is 0 Å². The van der Waals surface area contributed by atoms with Crippen LogP contribution in [-0.2, 0) is 0 Å². The number of aryl methyl sites for hydroxylation is 1. The Labute approximate surface area is 140 Å². The molecule has 1 atom stereocenters. The summed E-state index contributed by atoms with van der Waals surface area (Å²) in [5, 5.41) is 3.28. The summed E-state index contributed by atoms with van der Waals surface area (Å²) in [5.74, 6) is 1.39. The van der Waals surface area contributed by atoms with Gasteiger partial charge in [0.25, 0.3) is 5.56 Å². The van der Waals surface area contributed by atoms with Gasteiger partial charge in [0.2, 0.25) is 11.9 Å². The molecule has 0 unspecified atom stereocenters. The second-order valence-electron chi connectivity index (χ2n) is 6.34. The van der Waals surface area contributed by atoms with Crippen LogP contribution in [0.3, 0.4) is 0 Å². The molecule has 1 saturated heterocycles. The largest absolute Gasteiger partial charge is 0.343 e. The Bertz CT molecular complexity index is 821. The van der Waals surface area contributed by atoms with E-state index in [-0.39, 0.29) is 11.7 Å². The minimum Gasteiger partial charge on any atom is -0.343 e. The van der Waals surface area contributed by atoms with Crippen molar-refractivity contribution in [3.63, 3.8) is 0 Å². The Morgan fingerprint density at radius 1 is 1.12 bits per heavy atom. The van der Waals surface area contributed by atoms with Gasteiger partial charge in [-0.1, -0.05) is 30.3 Å². The average molecular weight is 323 g/mol. The Balaban J connectivity index is 1.82. The molecule has 0 aliphatic carbocycles. The lowest BCUT2D eigenvalue weighted by Gasteiger charge is -2.34. The third kappa shape index (κ3) is 2.68. The molecule has 1 fully saturated rings. The number of nitrogens with one attached hydrogen (secondary N) is 1. The van der Waals surface area contributed by atoms with Crippen molar-refractivity contribution in [3.05, 3.63) is 58.0 Å². The van der Waals surface area contributed by atoms with Crippen molar-refractivity contribution in [2.75, 3.05) is 18.4 Å². The van der Waals surface area contributed by atoms with Crippen LogP contribution in [-0.4, -0.2) is 33.5 Å². The van der Waals surface area contributed by atoms with Crippen LogP contribution in [0.2, 0.25) is 0 Å². The van der Waals surface area contributed by atoms with Gasteiger partial charge in [0.05, 0.1) is 0 Å². The van der Waals surface area contributed by atoms with E-state index in [0.717, 1.165) is 24.6 Å². The van der Waals surface area contributed by atoms with Gasteiger partial charge in [-0.15, -0.1) is 0 Å². The molecule has 6 heteroatoms. The zero-order chi connectivity index (χ0) is 16.5. The van der Waals surface area contributed by atoms with Gasteiger partial charge in [0.15, 0.2) is 6.17 Å². The van der Waals surface area contributed by atoms with Crippen LogP contribution < -0.4 is 10.9 Å². The van der Waals surface area contributed by atoms with Crippen LogP contribution in [0.1, 0.15) is 36.7 Å². The Kier molecular flexibility index (Phi) is 3.80. The molecule has 4 rings (SSSR count). The number of fused-ring (bicyclic) bond motifs is 1. The zero-order valence-corrected chi connectivity index (χ0v) is 13.8. The number of guanidine groups is 1. The van der Waals surface area contributed by atoms with Gasteiger partial charge in [0, 0.05) is 24.8 Å². The van der Waals surface area contributed by atoms with Gasteiger partial charge >= 0.3 is 0 Å². The fourth-order valence-corrected chi connectivity index (χ4v) is 3.35. The number of hydrogen-bond acceptors (Lipinski definition) is 5. The van der Waals surface area contributed by atoms with E-state index in [0.29, 0.717) is 11.6 Å². The molecule has 24 heavy (non-hydrogen) atoms. The highest BCUT2D eigenvalue weighted by atomic mass is 16.1. The van der Waals surface area contributed by atoms with E-state index in [4.69, 9.17) is 4.99 Å². The summed E-state index contributed by atoms with van der Waals surface area (Å²) in [6.45, 7) is 3.82. The quantitative estimate of drug-likeness (QED) is 0.875. The number of piperidine rings is 1. The lowest BCUT2D eigenvalue weighted by molar-refractivity contribution is 0.335. The molecule has 2 aliphatic heterocycles.